The van der Waals surface area contributed by atoms with Crippen molar-refractivity contribution in [1.29, 1.82) is 0 Å². The number of rotatable bonds is 11. The molecule has 2 aromatic heterocycles. The molecule has 1 aliphatic carbocycles. The van der Waals surface area contributed by atoms with Crippen molar-refractivity contribution in [2.75, 3.05) is 44.0 Å². The fourth-order valence-electron chi connectivity index (χ4n) is 5.26. The molecule has 202 valence electrons. The van der Waals surface area contributed by atoms with Crippen LogP contribution in [0.3, 0.4) is 0 Å². The maximum absolute atomic E-state index is 13.3. The third-order valence-electron chi connectivity index (χ3n) is 7.06. The van der Waals surface area contributed by atoms with Gasteiger partial charge >= 0.3 is 7.82 Å². The Morgan fingerprint density at radius 1 is 1.14 bits per heavy atom. The number of sulfonamides is 1. The summed E-state index contributed by atoms with van der Waals surface area (Å²) in [7, 11) is -5.11. The lowest BCUT2D eigenvalue weighted by Gasteiger charge is -2.37. The van der Waals surface area contributed by atoms with Crippen molar-refractivity contribution in [3.63, 3.8) is 0 Å². The molecule has 1 atom stereocenters. The number of hydrogen-bond donors (Lipinski definition) is 1. The van der Waals surface area contributed by atoms with E-state index in [1.165, 1.54) is 4.31 Å². The number of aromatic amines is 1. The number of anilines is 1. The molecule has 0 spiro atoms. The van der Waals surface area contributed by atoms with E-state index in [0.717, 1.165) is 42.5 Å². The number of fused-ring (bicyclic) bond motifs is 1. The molecule has 2 aromatic rings. The number of H-pyrrole nitrogens is 1. The Labute approximate surface area is 213 Å². The molecular formula is C23H38N5O6PS. The minimum absolute atomic E-state index is 0.108. The molecular weight excluding hydrogens is 505 g/mol. The molecule has 2 fully saturated rings. The second-order valence-corrected chi connectivity index (χ2v) is 13.1. The highest BCUT2D eigenvalue weighted by molar-refractivity contribution is 7.89. The fourth-order valence-corrected chi connectivity index (χ4v) is 8.56. The van der Waals surface area contributed by atoms with Crippen molar-refractivity contribution in [3.8, 4) is 0 Å². The molecule has 13 heteroatoms. The fraction of sp³-hybridized carbons (Fsp3) is 0.739. The summed E-state index contributed by atoms with van der Waals surface area (Å²) >= 11 is 0. The summed E-state index contributed by atoms with van der Waals surface area (Å²) in [6.07, 6.45) is 7.67. The quantitative estimate of drug-likeness (QED) is 0.419. The zero-order valence-corrected chi connectivity index (χ0v) is 23.0. The van der Waals surface area contributed by atoms with Crippen molar-refractivity contribution in [1.82, 2.24) is 19.3 Å². The largest absolute Gasteiger partial charge is 0.475 e. The van der Waals surface area contributed by atoms with Crippen molar-refractivity contribution in [3.05, 3.63) is 18.6 Å². The van der Waals surface area contributed by atoms with Crippen molar-refractivity contribution in [2.45, 2.75) is 64.5 Å². The minimum Gasteiger partial charge on any atom is -0.356 e. The normalized spacial score (nSPS) is 24.2. The van der Waals surface area contributed by atoms with E-state index >= 15 is 0 Å². The average molecular weight is 544 g/mol. The molecule has 0 bridgehead atoms. The maximum atomic E-state index is 13.3. The van der Waals surface area contributed by atoms with Crippen LogP contribution in [0.25, 0.3) is 11.0 Å². The van der Waals surface area contributed by atoms with Gasteiger partial charge in [-0.1, -0.05) is 0 Å². The van der Waals surface area contributed by atoms with Gasteiger partial charge in [-0.05, 0) is 64.4 Å². The summed E-state index contributed by atoms with van der Waals surface area (Å²) in [5.41, 5.74) is 0.814. The second kappa shape index (κ2) is 11.9. The zero-order chi connectivity index (χ0) is 25.8. The highest BCUT2D eigenvalue weighted by Crippen LogP contribution is 2.51. The summed E-state index contributed by atoms with van der Waals surface area (Å²) in [5, 5.41) is 0.991. The van der Waals surface area contributed by atoms with E-state index in [0.29, 0.717) is 25.4 Å². The first-order valence-corrected chi connectivity index (χ1v) is 15.9. The lowest BCUT2D eigenvalue weighted by Crippen LogP contribution is -2.45. The number of piperidine rings is 1. The molecule has 0 unspecified atom stereocenters. The molecule has 1 N–H and O–H groups in total. The van der Waals surface area contributed by atoms with Gasteiger partial charge < -0.3 is 9.88 Å². The lowest BCUT2D eigenvalue weighted by molar-refractivity contribution is 0.0575. The number of nitrogens with one attached hydrogen (secondary N) is 1. The van der Waals surface area contributed by atoms with Crippen LogP contribution in [0, 0.1) is 5.92 Å². The Morgan fingerprint density at radius 2 is 1.86 bits per heavy atom. The van der Waals surface area contributed by atoms with E-state index in [1.807, 2.05) is 19.3 Å². The summed E-state index contributed by atoms with van der Waals surface area (Å²) in [5.74, 6) is 1.13. The smallest absolute Gasteiger partial charge is 0.356 e. The van der Waals surface area contributed by atoms with Gasteiger partial charge in [0.05, 0.1) is 30.5 Å². The number of phosphoric ester groups is 1. The Bertz CT molecular complexity index is 1140. The van der Waals surface area contributed by atoms with E-state index in [9.17, 15) is 13.0 Å². The Balaban J connectivity index is 1.32. The average Bonchev–Trinajstić information content (AvgIpc) is 3.33. The third kappa shape index (κ3) is 6.46. The van der Waals surface area contributed by atoms with Gasteiger partial charge in [-0.3, -0.25) is 13.6 Å². The van der Waals surface area contributed by atoms with Gasteiger partial charge in [0.15, 0.2) is 0 Å². The van der Waals surface area contributed by atoms with Crippen LogP contribution in [0.2, 0.25) is 0 Å². The molecule has 11 nitrogen and oxygen atoms in total. The number of aromatic nitrogens is 3. The van der Waals surface area contributed by atoms with Gasteiger partial charge in [0.25, 0.3) is 0 Å². The van der Waals surface area contributed by atoms with Gasteiger partial charge in [-0.15, -0.1) is 0 Å². The number of hydrogen-bond acceptors (Lipinski definition) is 9. The SMILES string of the molecule is CCOP(=O)(OCC)O[C@@H]1CCCN(S(=O)(=O)C[C@H]2CC[C@H](N(C)c3ncnc4[nH]ccc34)CC2)C1. The highest BCUT2D eigenvalue weighted by atomic mass is 32.2. The van der Waals surface area contributed by atoms with Crippen molar-refractivity contribution < 1.29 is 26.6 Å². The Morgan fingerprint density at radius 3 is 2.56 bits per heavy atom. The number of nitrogens with zero attached hydrogens (tertiary/aromatic N) is 4. The maximum Gasteiger partial charge on any atom is 0.475 e. The van der Waals surface area contributed by atoms with Crippen LogP contribution in [0.5, 0.6) is 0 Å². The topological polar surface area (TPSA) is 127 Å². The van der Waals surface area contributed by atoms with Crippen LogP contribution in [0.15, 0.2) is 18.6 Å². The molecule has 0 amide bonds. The van der Waals surface area contributed by atoms with Crippen molar-refractivity contribution in [2.24, 2.45) is 5.92 Å². The number of phosphoric acid groups is 1. The van der Waals surface area contributed by atoms with Gasteiger partial charge in [0, 0.05) is 32.4 Å². The van der Waals surface area contributed by atoms with E-state index in [4.69, 9.17) is 13.6 Å². The van der Waals surface area contributed by atoms with Crippen LogP contribution >= 0.6 is 7.82 Å². The van der Waals surface area contributed by atoms with Gasteiger partial charge in [0.1, 0.15) is 17.8 Å². The predicted octanol–water partition coefficient (Wildman–Crippen LogP) is 3.94. The monoisotopic (exact) mass is 543 g/mol. The first kappa shape index (κ1) is 27.5. The second-order valence-electron chi connectivity index (χ2n) is 9.51. The van der Waals surface area contributed by atoms with E-state index < -0.39 is 23.9 Å². The molecule has 1 aliphatic heterocycles. The van der Waals surface area contributed by atoms with E-state index in [1.54, 1.807) is 20.2 Å². The molecule has 3 heterocycles. The molecule has 2 aliphatic rings. The third-order valence-corrected chi connectivity index (χ3v) is 10.8. The Kier molecular flexibility index (Phi) is 9.06. The predicted molar refractivity (Wildman–Crippen MR) is 138 cm³/mol. The van der Waals surface area contributed by atoms with Crippen molar-refractivity contribution >= 4 is 34.7 Å². The zero-order valence-electron chi connectivity index (χ0n) is 21.3. The summed E-state index contributed by atoms with van der Waals surface area (Å²) in [6.45, 7) is 4.44. The molecule has 4 rings (SSSR count). The van der Waals surface area contributed by atoms with Gasteiger partial charge in [0.2, 0.25) is 10.0 Å². The minimum atomic E-state index is -3.69. The Hall–Kier alpha value is -1.56. The summed E-state index contributed by atoms with van der Waals surface area (Å²) in [6, 6.07) is 2.28. The first-order valence-electron chi connectivity index (χ1n) is 12.8. The van der Waals surface area contributed by atoms with E-state index in [2.05, 4.69) is 19.9 Å². The summed E-state index contributed by atoms with van der Waals surface area (Å²) in [4.78, 5) is 14.1. The van der Waals surface area contributed by atoms with Crippen LogP contribution in [-0.4, -0.2) is 78.9 Å². The lowest BCUT2D eigenvalue weighted by atomic mass is 9.86. The summed E-state index contributed by atoms with van der Waals surface area (Å²) < 4.78 is 56.9. The first-order chi connectivity index (χ1) is 17.2. The van der Waals surface area contributed by atoms with Gasteiger partial charge in [-0.2, -0.15) is 4.31 Å². The van der Waals surface area contributed by atoms with Gasteiger partial charge in [-0.25, -0.2) is 23.0 Å². The molecule has 1 saturated heterocycles. The van der Waals surface area contributed by atoms with E-state index in [-0.39, 0.29) is 31.4 Å². The van der Waals surface area contributed by atoms with Crippen LogP contribution < -0.4 is 4.90 Å². The molecule has 0 radical (unpaired) electrons. The molecule has 1 saturated carbocycles. The van der Waals surface area contributed by atoms with Crippen LogP contribution in [0.4, 0.5) is 5.82 Å². The highest BCUT2D eigenvalue weighted by Gasteiger charge is 2.37. The van der Waals surface area contributed by atoms with Crippen LogP contribution in [-0.2, 0) is 28.2 Å². The molecule has 36 heavy (non-hydrogen) atoms. The standard InChI is InChI=1S/C23H38N5O6PS/c1-4-32-35(29,33-5-2)34-20-7-6-14-28(15-20)36(30,31)16-18-8-10-19(11-9-18)27(3)23-21-12-13-24-22(21)25-17-26-23/h12-13,17-20H,4-11,14-16H2,1-3H3,(H,24,25,26)/t18-,19-,20-/m1/s1. The molecule has 0 aromatic carbocycles. The van der Waals surface area contributed by atoms with Crippen LogP contribution in [0.1, 0.15) is 52.4 Å².